The Labute approximate surface area is 129 Å². The van der Waals surface area contributed by atoms with Crippen LogP contribution in [0.4, 0.5) is 5.69 Å². The van der Waals surface area contributed by atoms with Crippen molar-refractivity contribution in [2.24, 2.45) is 0 Å². The predicted molar refractivity (Wildman–Crippen MR) is 82.6 cm³/mol. The first-order valence-electron chi connectivity index (χ1n) is 6.42. The van der Waals surface area contributed by atoms with Gasteiger partial charge in [-0.1, -0.05) is 28.9 Å². The number of hydrogen-bond acceptors (Lipinski definition) is 4. The van der Waals surface area contributed by atoms with E-state index in [-0.39, 0.29) is 18.9 Å². The number of nitrogens with one attached hydrogen (secondary N) is 2. The first kappa shape index (κ1) is 15.8. The molecule has 0 aliphatic carbocycles. The molecule has 0 radical (unpaired) electrons. The molecule has 7 heteroatoms. The minimum absolute atomic E-state index is 0.171. The molecule has 1 amide bonds. The molecule has 2 atom stereocenters. The van der Waals surface area contributed by atoms with Gasteiger partial charge >= 0.3 is 0 Å². The largest absolute Gasteiger partial charge is 0.598 e. The highest BCUT2D eigenvalue weighted by atomic mass is 79.9. The molecule has 2 rings (SSSR count). The number of carbonyl (C=O) groups excluding carboxylic acids is 1. The van der Waals surface area contributed by atoms with Crippen LogP contribution in [-0.4, -0.2) is 27.9 Å². The van der Waals surface area contributed by atoms with Gasteiger partial charge in [0, 0.05) is 40.1 Å². The van der Waals surface area contributed by atoms with Crippen molar-refractivity contribution >= 4 is 38.9 Å². The normalized spacial score (nSPS) is 22.5. The van der Waals surface area contributed by atoms with Crippen LogP contribution in [0.25, 0.3) is 0 Å². The van der Waals surface area contributed by atoms with Gasteiger partial charge < -0.3 is 15.0 Å². The molecule has 5 nitrogen and oxygen atoms in total. The van der Waals surface area contributed by atoms with Gasteiger partial charge in [-0.15, -0.1) is 4.72 Å². The molecule has 1 unspecified atom stereocenters. The van der Waals surface area contributed by atoms with Gasteiger partial charge in [0.05, 0.1) is 0 Å². The number of benzene rings is 1. The molecule has 20 heavy (non-hydrogen) atoms. The summed E-state index contributed by atoms with van der Waals surface area (Å²) < 4.78 is 15.7. The molecule has 1 heterocycles. The van der Waals surface area contributed by atoms with Crippen molar-refractivity contribution in [3.05, 3.63) is 28.2 Å². The number of hydrogen-bond donors (Lipinski definition) is 3. The smallest absolute Gasteiger partial charge is 0.253 e. The number of rotatable bonds is 6. The molecule has 0 saturated carbocycles. The van der Waals surface area contributed by atoms with Gasteiger partial charge in [-0.25, -0.2) is 0 Å². The Kier molecular flexibility index (Phi) is 5.09. The number of anilines is 1. The van der Waals surface area contributed by atoms with Crippen LogP contribution >= 0.6 is 15.9 Å². The SMILES string of the molecule is CCC[S+]([O-])N[C@]1(CCO)C(=O)Nc2cccc(Br)c21. The maximum Gasteiger partial charge on any atom is 0.253 e. The van der Waals surface area contributed by atoms with Crippen molar-refractivity contribution in [2.75, 3.05) is 17.7 Å². The van der Waals surface area contributed by atoms with Crippen molar-refractivity contribution in [3.8, 4) is 0 Å². The van der Waals surface area contributed by atoms with E-state index in [1.807, 2.05) is 19.1 Å². The Morgan fingerprint density at radius 2 is 2.30 bits per heavy atom. The summed E-state index contributed by atoms with van der Waals surface area (Å²) in [7, 11) is 0. The van der Waals surface area contributed by atoms with E-state index in [4.69, 9.17) is 0 Å². The second kappa shape index (κ2) is 6.44. The lowest BCUT2D eigenvalue weighted by molar-refractivity contribution is -0.121. The summed E-state index contributed by atoms with van der Waals surface area (Å²) in [5, 5.41) is 12.1. The molecular formula is C13H17BrN2O3S. The molecular weight excluding hydrogens is 344 g/mol. The van der Waals surface area contributed by atoms with Gasteiger partial charge in [0.15, 0.2) is 5.54 Å². The summed E-state index contributed by atoms with van der Waals surface area (Å²) in [6.45, 7) is 1.75. The lowest BCUT2D eigenvalue weighted by Gasteiger charge is -2.28. The number of aliphatic hydroxyl groups excluding tert-OH is 1. The second-order valence-corrected chi connectivity index (χ2v) is 6.80. The molecule has 1 aromatic carbocycles. The molecule has 0 aromatic heterocycles. The third-order valence-electron chi connectivity index (χ3n) is 3.24. The van der Waals surface area contributed by atoms with E-state index in [1.165, 1.54) is 0 Å². The van der Waals surface area contributed by atoms with Crippen molar-refractivity contribution in [3.63, 3.8) is 0 Å². The molecule has 0 bridgehead atoms. The van der Waals surface area contributed by atoms with Gasteiger partial charge in [0.1, 0.15) is 5.75 Å². The molecule has 1 aliphatic heterocycles. The van der Waals surface area contributed by atoms with Crippen molar-refractivity contribution in [2.45, 2.75) is 25.3 Å². The van der Waals surface area contributed by atoms with E-state index in [0.717, 1.165) is 10.9 Å². The summed E-state index contributed by atoms with van der Waals surface area (Å²) in [4.78, 5) is 12.4. The first-order chi connectivity index (χ1) is 9.55. The van der Waals surface area contributed by atoms with Crippen LogP contribution in [0.15, 0.2) is 22.7 Å². The highest BCUT2D eigenvalue weighted by Crippen LogP contribution is 2.43. The quantitative estimate of drug-likeness (QED) is 0.673. The van der Waals surface area contributed by atoms with Crippen LogP contribution in [0, 0.1) is 0 Å². The number of fused-ring (bicyclic) bond motifs is 1. The minimum Gasteiger partial charge on any atom is -0.598 e. The predicted octanol–water partition coefficient (Wildman–Crippen LogP) is 1.64. The monoisotopic (exact) mass is 360 g/mol. The van der Waals surface area contributed by atoms with Crippen LogP contribution in [0.5, 0.6) is 0 Å². The maximum absolute atomic E-state index is 12.4. The first-order valence-corrected chi connectivity index (χ1v) is 8.54. The summed E-state index contributed by atoms with van der Waals surface area (Å²) in [5.41, 5.74) is 0.242. The molecule has 1 aromatic rings. The average molecular weight is 361 g/mol. The third kappa shape index (κ3) is 2.73. The summed E-state index contributed by atoms with van der Waals surface area (Å²) in [5.74, 6) is 0.179. The van der Waals surface area contributed by atoms with E-state index >= 15 is 0 Å². The topological polar surface area (TPSA) is 84.4 Å². The number of amides is 1. The van der Waals surface area contributed by atoms with E-state index in [9.17, 15) is 14.5 Å². The van der Waals surface area contributed by atoms with Gasteiger partial charge in [0.2, 0.25) is 0 Å². The Balaban J connectivity index is 2.45. The number of aliphatic hydroxyl groups is 1. The number of halogens is 1. The maximum atomic E-state index is 12.4. The number of carbonyl (C=O) groups is 1. The van der Waals surface area contributed by atoms with Crippen LogP contribution < -0.4 is 10.0 Å². The van der Waals surface area contributed by atoms with Crippen LogP contribution in [0.3, 0.4) is 0 Å². The van der Waals surface area contributed by atoms with E-state index in [1.54, 1.807) is 6.07 Å². The molecule has 0 spiro atoms. The fraction of sp³-hybridized carbons (Fsp3) is 0.462. The second-order valence-electron chi connectivity index (χ2n) is 4.65. The Morgan fingerprint density at radius 3 is 2.95 bits per heavy atom. The fourth-order valence-electron chi connectivity index (χ4n) is 2.39. The standard InChI is InChI=1S/C13H17BrN2O3S/c1-2-8-20(19)16-13(6-7-17)11-9(14)4-3-5-10(11)15-12(13)18/h3-5,16-17H,2,6-8H2,1H3,(H,15,18)/t13-,20?/m0/s1. The molecule has 1 aliphatic rings. The summed E-state index contributed by atoms with van der Waals surface area (Å²) >= 11 is 2.11. The van der Waals surface area contributed by atoms with Crippen molar-refractivity contribution in [1.82, 2.24) is 4.72 Å². The van der Waals surface area contributed by atoms with Gasteiger partial charge in [-0.05, 0) is 18.6 Å². The van der Waals surface area contributed by atoms with E-state index in [0.29, 0.717) is 17.0 Å². The molecule has 0 fully saturated rings. The zero-order valence-corrected chi connectivity index (χ0v) is 13.5. The average Bonchev–Trinajstić information content (AvgIpc) is 2.64. The van der Waals surface area contributed by atoms with Crippen molar-refractivity contribution < 1.29 is 14.5 Å². The Morgan fingerprint density at radius 1 is 1.55 bits per heavy atom. The third-order valence-corrected chi connectivity index (χ3v) is 5.26. The zero-order valence-electron chi connectivity index (χ0n) is 11.1. The highest BCUT2D eigenvalue weighted by Gasteiger charge is 2.50. The Bertz CT molecular complexity index is 514. The fourth-order valence-corrected chi connectivity index (χ4v) is 4.25. The van der Waals surface area contributed by atoms with Gasteiger partial charge in [-0.3, -0.25) is 4.79 Å². The summed E-state index contributed by atoms with van der Waals surface area (Å²) in [6, 6.07) is 5.44. The molecule has 3 N–H and O–H groups in total. The molecule has 0 saturated heterocycles. The van der Waals surface area contributed by atoms with E-state index < -0.39 is 16.9 Å². The van der Waals surface area contributed by atoms with Crippen LogP contribution in [0.1, 0.15) is 25.3 Å². The van der Waals surface area contributed by atoms with E-state index in [2.05, 4.69) is 26.0 Å². The molecule has 110 valence electrons. The van der Waals surface area contributed by atoms with Gasteiger partial charge in [-0.2, -0.15) is 0 Å². The summed E-state index contributed by atoms with van der Waals surface area (Å²) in [6.07, 6.45) is 0.920. The van der Waals surface area contributed by atoms with Crippen LogP contribution in [0.2, 0.25) is 0 Å². The highest BCUT2D eigenvalue weighted by molar-refractivity contribution is 9.10. The van der Waals surface area contributed by atoms with Gasteiger partial charge in [0.25, 0.3) is 5.91 Å². The zero-order chi connectivity index (χ0) is 14.8. The lowest BCUT2D eigenvalue weighted by Crippen LogP contribution is -2.52. The minimum atomic E-state index is -1.33. The van der Waals surface area contributed by atoms with Crippen molar-refractivity contribution in [1.29, 1.82) is 0 Å². The Hall–Kier alpha value is -0.600. The van der Waals surface area contributed by atoms with Crippen LogP contribution in [-0.2, 0) is 21.7 Å². The lowest BCUT2D eigenvalue weighted by atomic mass is 9.89.